The predicted molar refractivity (Wildman–Crippen MR) is 110 cm³/mol. The van der Waals surface area contributed by atoms with E-state index in [0.717, 1.165) is 0 Å². The summed E-state index contributed by atoms with van der Waals surface area (Å²) in [4.78, 5) is 12.4. The maximum absolute atomic E-state index is 12.6. The number of benzene rings is 3. The van der Waals surface area contributed by atoms with Crippen LogP contribution in [0.25, 0.3) is 0 Å². The number of carbonyl (C=O) groups excluding carboxylic acids is 1. The number of anilines is 1. The molecule has 7 nitrogen and oxygen atoms in total. The van der Waals surface area contributed by atoms with Crippen LogP contribution in [0.4, 0.5) is 5.69 Å². The van der Waals surface area contributed by atoms with Crippen molar-refractivity contribution in [3.63, 3.8) is 0 Å². The largest absolute Gasteiger partial charge is 0.495 e. The maximum atomic E-state index is 12.6. The Kier molecular flexibility index (Phi) is 6.16. The monoisotopic (exact) mass is 412 g/mol. The third kappa shape index (κ3) is 4.92. The number of sulfonamides is 1. The Morgan fingerprint density at radius 1 is 0.897 bits per heavy atom. The van der Waals surface area contributed by atoms with Gasteiger partial charge in [-0.3, -0.25) is 4.79 Å². The van der Waals surface area contributed by atoms with Crippen molar-refractivity contribution >= 4 is 21.6 Å². The first-order valence-corrected chi connectivity index (χ1v) is 10.2. The Morgan fingerprint density at radius 3 is 2.17 bits per heavy atom. The fourth-order valence-electron chi connectivity index (χ4n) is 2.57. The van der Waals surface area contributed by atoms with Crippen molar-refractivity contribution in [3.8, 4) is 17.2 Å². The molecule has 1 amide bonds. The third-order valence-electron chi connectivity index (χ3n) is 4.08. The average Bonchev–Trinajstić information content (AvgIpc) is 2.75. The highest BCUT2D eigenvalue weighted by Crippen LogP contribution is 2.26. The molecule has 3 aromatic rings. The van der Waals surface area contributed by atoms with Gasteiger partial charge < -0.3 is 14.8 Å². The molecular weight excluding hydrogens is 392 g/mol. The lowest BCUT2D eigenvalue weighted by molar-refractivity contribution is 0.102. The number of nitrogens with one attached hydrogen (secondary N) is 2. The minimum Gasteiger partial charge on any atom is -0.495 e. The van der Waals surface area contributed by atoms with Crippen molar-refractivity contribution in [2.75, 3.05) is 19.5 Å². The number of rotatable bonds is 7. The molecule has 0 aliphatic carbocycles. The molecule has 0 saturated carbocycles. The number of para-hydroxylation sites is 1. The van der Waals surface area contributed by atoms with Gasteiger partial charge in [-0.25, -0.2) is 13.1 Å². The second-order valence-electron chi connectivity index (χ2n) is 5.97. The number of hydrogen-bond donors (Lipinski definition) is 2. The van der Waals surface area contributed by atoms with Gasteiger partial charge in [0.2, 0.25) is 10.0 Å². The normalized spacial score (nSPS) is 11.0. The molecule has 0 spiro atoms. The molecule has 0 aliphatic rings. The fraction of sp³-hybridized carbons (Fsp3) is 0.0952. The van der Waals surface area contributed by atoms with Crippen LogP contribution in [0.5, 0.6) is 17.2 Å². The quantitative estimate of drug-likeness (QED) is 0.618. The van der Waals surface area contributed by atoms with Gasteiger partial charge in [0.05, 0.1) is 7.11 Å². The van der Waals surface area contributed by atoms with E-state index >= 15 is 0 Å². The summed E-state index contributed by atoms with van der Waals surface area (Å²) in [5.74, 6) is 1.04. The van der Waals surface area contributed by atoms with Gasteiger partial charge in [-0.05, 0) is 61.6 Å². The van der Waals surface area contributed by atoms with Gasteiger partial charge in [0.15, 0.2) is 0 Å². The van der Waals surface area contributed by atoms with Crippen LogP contribution in [0.2, 0.25) is 0 Å². The zero-order valence-electron chi connectivity index (χ0n) is 15.9. The molecule has 0 unspecified atom stereocenters. The summed E-state index contributed by atoms with van der Waals surface area (Å²) in [5, 5.41) is 2.73. The van der Waals surface area contributed by atoms with E-state index in [4.69, 9.17) is 9.47 Å². The van der Waals surface area contributed by atoms with Crippen molar-refractivity contribution in [2.24, 2.45) is 0 Å². The number of ether oxygens (including phenoxy) is 2. The summed E-state index contributed by atoms with van der Waals surface area (Å²) >= 11 is 0. The summed E-state index contributed by atoms with van der Waals surface area (Å²) in [7, 11) is -1.12. The van der Waals surface area contributed by atoms with Gasteiger partial charge in [0.1, 0.15) is 22.1 Å². The Labute approximate surface area is 169 Å². The first-order valence-electron chi connectivity index (χ1n) is 8.69. The van der Waals surface area contributed by atoms with Gasteiger partial charge in [-0.15, -0.1) is 0 Å². The molecule has 0 aromatic heterocycles. The topological polar surface area (TPSA) is 93.7 Å². The third-order valence-corrected chi connectivity index (χ3v) is 5.51. The van der Waals surface area contributed by atoms with Crippen molar-refractivity contribution in [2.45, 2.75) is 4.90 Å². The van der Waals surface area contributed by atoms with E-state index in [9.17, 15) is 13.2 Å². The zero-order chi connectivity index (χ0) is 20.9. The van der Waals surface area contributed by atoms with E-state index in [0.29, 0.717) is 17.2 Å². The minimum absolute atomic E-state index is 0.109. The van der Waals surface area contributed by atoms with E-state index in [1.54, 1.807) is 24.3 Å². The Balaban J connectivity index is 1.75. The molecule has 0 aliphatic heterocycles. The SMILES string of the molecule is CNS(=O)(=O)c1cc(C(=O)Nc2ccc(Oc3ccccc3)cc2)ccc1OC. The summed E-state index contributed by atoms with van der Waals surface area (Å²) in [6.07, 6.45) is 0. The average molecular weight is 412 g/mol. The maximum Gasteiger partial charge on any atom is 0.255 e. The zero-order valence-corrected chi connectivity index (χ0v) is 16.7. The van der Waals surface area contributed by atoms with Gasteiger partial charge in [0, 0.05) is 11.3 Å². The number of carbonyl (C=O) groups is 1. The first kappa shape index (κ1) is 20.4. The molecule has 8 heteroatoms. The Morgan fingerprint density at radius 2 is 1.55 bits per heavy atom. The van der Waals surface area contributed by atoms with Crippen molar-refractivity contribution in [3.05, 3.63) is 78.4 Å². The van der Waals surface area contributed by atoms with Gasteiger partial charge in [-0.1, -0.05) is 18.2 Å². The Hall–Kier alpha value is -3.36. The van der Waals surface area contributed by atoms with Gasteiger partial charge in [0.25, 0.3) is 5.91 Å². The molecule has 29 heavy (non-hydrogen) atoms. The lowest BCUT2D eigenvalue weighted by Gasteiger charge is -2.11. The van der Waals surface area contributed by atoms with E-state index in [1.807, 2.05) is 30.3 Å². The van der Waals surface area contributed by atoms with E-state index in [1.165, 1.54) is 32.4 Å². The van der Waals surface area contributed by atoms with Crippen LogP contribution in [-0.4, -0.2) is 28.5 Å². The van der Waals surface area contributed by atoms with E-state index in [-0.39, 0.29) is 16.2 Å². The van der Waals surface area contributed by atoms with Crippen molar-refractivity contribution in [1.29, 1.82) is 0 Å². The van der Waals surface area contributed by atoms with E-state index < -0.39 is 15.9 Å². The van der Waals surface area contributed by atoms with Crippen LogP contribution in [0, 0.1) is 0 Å². The number of hydrogen-bond acceptors (Lipinski definition) is 5. The lowest BCUT2D eigenvalue weighted by Crippen LogP contribution is -2.20. The summed E-state index contributed by atoms with van der Waals surface area (Å²) in [6.45, 7) is 0. The predicted octanol–water partition coefficient (Wildman–Crippen LogP) is 3.65. The van der Waals surface area contributed by atoms with Gasteiger partial charge in [-0.2, -0.15) is 0 Å². The van der Waals surface area contributed by atoms with Crippen LogP contribution in [0.1, 0.15) is 10.4 Å². The molecule has 0 saturated heterocycles. The highest BCUT2D eigenvalue weighted by atomic mass is 32.2. The molecule has 150 valence electrons. The molecule has 2 N–H and O–H groups in total. The first-order chi connectivity index (χ1) is 13.9. The van der Waals surface area contributed by atoms with Crippen molar-refractivity contribution in [1.82, 2.24) is 4.72 Å². The van der Waals surface area contributed by atoms with Crippen molar-refractivity contribution < 1.29 is 22.7 Å². The van der Waals surface area contributed by atoms with Gasteiger partial charge >= 0.3 is 0 Å². The van der Waals surface area contributed by atoms with Crippen LogP contribution in [0.15, 0.2) is 77.7 Å². The molecule has 0 fully saturated rings. The fourth-order valence-corrected chi connectivity index (χ4v) is 3.49. The number of methoxy groups -OCH3 is 1. The lowest BCUT2D eigenvalue weighted by atomic mass is 10.2. The van der Waals surface area contributed by atoms with Crippen LogP contribution in [0.3, 0.4) is 0 Å². The highest BCUT2D eigenvalue weighted by molar-refractivity contribution is 7.89. The smallest absolute Gasteiger partial charge is 0.255 e. The molecule has 0 heterocycles. The van der Waals surface area contributed by atoms with Crippen LogP contribution < -0.4 is 19.5 Å². The molecule has 0 bridgehead atoms. The molecule has 3 rings (SSSR count). The molecular formula is C21H20N2O5S. The molecule has 0 atom stereocenters. The standard InChI is InChI=1S/C21H20N2O5S/c1-22-29(25,26)20-14-15(8-13-19(20)27-2)21(24)23-16-9-11-18(12-10-16)28-17-6-4-3-5-7-17/h3-14,22H,1-2H3,(H,23,24). The molecule has 3 aromatic carbocycles. The highest BCUT2D eigenvalue weighted by Gasteiger charge is 2.20. The molecule has 0 radical (unpaired) electrons. The second-order valence-corrected chi connectivity index (χ2v) is 7.82. The minimum atomic E-state index is -3.78. The Bertz CT molecular complexity index is 1100. The number of amides is 1. The van der Waals surface area contributed by atoms with Crippen LogP contribution >= 0.6 is 0 Å². The van der Waals surface area contributed by atoms with E-state index in [2.05, 4.69) is 10.0 Å². The summed E-state index contributed by atoms with van der Waals surface area (Å²) in [6, 6.07) is 20.4. The summed E-state index contributed by atoms with van der Waals surface area (Å²) < 4.78 is 37.3. The van der Waals surface area contributed by atoms with Crippen LogP contribution in [-0.2, 0) is 10.0 Å². The second kappa shape index (κ2) is 8.76. The summed E-state index contributed by atoms with van der Waals surface area (Å²) in [5.41, 5.74) is 0.730.